The molecular formula is C19H22F5N7O3. The molecule has 1 saturated carbocycles. The Bertz CT molecular complexity index is 1030. The number of aromatic nitrogens is 3. The number of amides is 1. The maximum absolute atomic E-state index is 12.8. The first-order valence-electron chi connectivity index (χ1n) is 9.83. The third-order valence-electron chi connectivity index (χ3n) is 3.96. The molecule has 1 fully saturated rings. The number of halogens is 5. The van der Waals surface area contributed by atoms with Crippen molar-refractivity contribution in [2.45, 2.75) is 51.4 Å². The Labute approximate surface area is 190 Å². The molecule has 6 N–H and O–H groups in total. The van der Waals surface area contributed by atoms with Crippen LogP contribution in [0.15, 0.2) is 18.3 Å². The number of carboxylic acid groups (broad SMARTS) is 1. The molecule has 1 amide bonds. The first-order chi connectivity index (χ1) is 15.8. The number of nitrogens with zero attached hydrogens (tertiary/aromatic N) is 3. The lowest BCUT2D eigenvalue weighted by Gasteiger charge is -2.16. The lowest BCUT2D eigenvalue weighted by Crippen LogP contribution is -2.27. The zero-order valence-electron chi connectivity index (χ0n) is 18.0. The van der Waals surface area contributed by atoms with Gasteiger partial charge in [-0.3, -0.25) is 4.79 Å². The van der Waals surface area contributed by atoms with Crippen LogP contribution in [-0.2, 0) is 4.79 Å². The summed E-state index contributed by atoms with van der Waals surface area (Å²) < 4.78 is 57.4. The van der Waals surface area contributed by atoms with Gasteiger partial charge < -0.3 is 26.8 Å². The smallest absolute Gasteiger partial charge is 0.475 e. The molecule has 3 rings (SSSR count). The number of pyridine rings is 1. The van der Waals surface area contributed by atoms with E-state index < -0.39 is 24.4 Å². The minimum Gasteiger partial charge on any atom is -0.475 e. The van der Waals surface area contributed by atoms with E-state index in [0.717, 1.165) is 12.8 Å². The molecular weight excluding hydrogens is 469 g/mol. The SMILES string of the molecule is CC(C)Nc1cc(Nc2cc(N)nc(C(F)F)n2)ncc1C(=O)NC1CC1.O=C(O)C(F)(F)F. The second-order valence-corrected chi connectivity index (χ2v) is 7.43. The number of carboxylic acids is 1. The molecule has 0 atom stereocenters. The lowest BCUT2D eigenvalue weighted by molar-refractivity contribution is -0.192. The van der Waals surface area contributed by atoms with Gasteiger partial charge in [-0.1, -0.05) is 0 Å². The molecule has 186 valence electrons. The fraction of sp³-hybridized carbons (Fsp3) is 0.421. The average Bonchev–Trinajstić information content (AvgIpc) is 3.51. The van der Waals surface area contributed by atoms with Gasteiger partial charge in [0.15, 0.2) is 5.82 Å². The molecule has 0 radical (unpaired) electrons. The van der Waals surface area contributed by atoms with Gasteiger partial charge in [-0.05, 0) is 26.7 Å². The van der Waals surface area contributed by atoms with Crippen LogP contribution in [0.3, 0.4) is 0 Å². The van der Waals surface area contributed by atoms with E-state index >= 15 is 0 Å². The molecule has 0 aromatic carbocycles. The molecule has 0 aliphatic heterocycles. The van der Waals surface area contributed by atoms with Gasteiger partial charge in [0.25, 0.3) is 12.3 Å². The van der Waals surface area contributed by atoms with Gasteiger partial charge in [-0.2, -0.15) is 13.2 Å². The maximum Gasteiger partial charge on any atom is 0.490 e. The highest BCUT2D eigenvalue weighted by Crippen LogP contribution is 2.25. The van der Waals surface area contributed by atoms with E-state index in [0.29, 0.717) is 17.1 Å². The van der Waals surface area contributed by atoms with Crippen LogP contribution < -0.4 is 21.7 Å². The predicted molar refractivity (Wildman–Crippen MR) is 112 cm³/mol. The number of hydrogen-bond donors (Lipinski definition) is 5. The van der Waals surface area contributed by atoms with Crippen molar-refractivity contribution < 1.29 is 36.6 Å². The summed E-state index contributed by atoms with van der Waals surface area (Å²) in [5.41, 5.74) is 6.55. The standard InChI is InChI=1S/C17H21F2N7O.C2HF3O2/c1-8(2)22-11-5-13(21-7-10(11)17(27)23-9-3-4-9)25-14-6-12(20)24-16(26-14)15(18)19;3-2(4,5)1(6)7/h5-9,15H,3-4H2,1-2H3,(H,23,27)(H4,20,21,22,24,25,26);(H,6,7). The van der Waals surface area contributed by atoms with E-state index in [2.05, 4.69) is 30.9 Å². The number of nitrogens with one attached hydrogen (secondary N) is 3. The number of rotatable bonds is 7. The van der Waals surface area contributed by atoms with Crippen LogP contribution in [0.2, 0.25) is 0 Å². The summed E-state index contributed by atoms with van der Waals surface area (Å²) in [6.45, 7) is 3.88. The zero-order chi connectivity index (χ0) is 25.6. The number of alkyl halides is 5. The quantitative estimate of drug-likeness (QED) is 0.366. The number of nitrogen functional groups attached to an aromatic ring is 1. The molecule has 34 heavy (non-hydrogen) atoms. The van der Waals surface area contributed by atoms with Crippen molar-refractivity contribution in [3.8, 4) is 0 Å². The highest BCUT2D eigenvalue weighted by Gasteiger charge is 2.38. The summed E-state index contributed by atoms with van der Waals surface area (Å²) in [5, 5.41) is 16.1. The van der Waals surface area contributed by atoms with Crippen molar-refractivity contribution in [1.29, 1.82) is 0 Å². The minimum absolute atomic E-state index is 0.0767. The van der Waals surface area contributed by atoms with Gasteiger partial charge >= 0.3 is 12.1 Å². The second-order valence-electron chi connectivity index (χ2n) is 7.43. The molecule has 1 aliphatic carbocycles. The fourth-order valence-electron chi connectivity index (χ4n) is 2.40. The number of anilines is 4. The van der Waals surface area contributed by atoms with Gasteiger partial charge in [0.05, 0.1) is 11.3 Å². The highest BCUT2D eigenvalue weighted by molar-refractivity contribution is 6.00. The Kier molecular flexibility index (Phi) is 8.48. The number of carbonyl (C=O) groups is 2. The molecule has 15 heteroatoms. The molecule has 0 bridgehead atoms. The van der Waals surface area contributed by atoms with Crippen molar-refractivity contribution >= 4 is 35.0 Å². The summed E-state index contributed by atoms with van der Waals surface area (Å²) in [4.78, 5) is 32.7. The van der Waals surface area contributed by atoms with Crippen LogP contribution in [0, 0.1) is 0 Å². The molecule has 2 heterocycles. The monoisotopic (exact) mass is 491 g/mol. The van der Waals surface area contributed by atoms with E-state index in [-0.39, 0.29) is 29.6 Å². The van der Waals surface area contributed by atoms with Crippen LogP contribution in [0.5, 0.6) is 0 Å². The van der Waals surface area contributed by atoms with Crippen molar-refractivity contribution in [2.24, 2.45) is 0 Å². The summed E-state index contributed by atoms with van der Waals surface area (Å²) >= 11 is 0. The van der Waals surface area contributed by atoms with E-state index in [4.69, 9.17) is 15.6 Å². The summed E-state index contributed by atoms with van der Waals surface area (Å²) in [5.74, 6) is -3.28. The third-order valence-corrected chi connectivity index (χ3v) is 3.96. The number of hydrogen-bond acceptors (Lipinski definition) is 8. The molecule has 1 aliphatic rings. The van der Waals surface area contributed by atoms with Crippen LogP contribution in [-0.4, -0.2) is 50.2 Å². The summed E-state index contributed by atoms with van der Waals surface area (Å²) in [7, 11) is 0. The fourth-order valence-corrected chi connectivity index (χ4v) is 2.40. The van der Waals surface area contributed by atoms with Gasteiger partial charge in [-0.25, -0.2) is 28.5 Å². The van der Waals surface area contributed by atoms with E-state index in [1.807, 2.05) is 13.8 Å². The molecule has 2 aromatic heterocycles. The van der Waals surface area contributed by atoms with Crippen molar-refractivity contribution in [3.63, 3.8) is 0 Å². The normalized spacial score (nSPS) is 13.2. The Morgan fingerprint density at radius 1 is 1.15 bits per heavy atom. The Morgan fingerprint density at radius 3 is 2.26 bits per heavy atom. The third kappa shape index (κ3) is 8.29. The highest BCUT2D eigenvalue weighted by atomic mass is 19.4. The molecule has 0 unspecified atom stereocenters. The lowest BCUT2D eigenvalue weighted by atomic mass is 10.2. The van der Waals surface area contributed by atoms with Gasteiger partial charge in [0.1, 0.15) is 17.5 Å². The summed E-state index contributed by atoms with van der Waals surface area (Å²) in [6, 6.07) is 3.26. The second kappa shape index (κ2) is 10.9. The van der Waals surface area contributed by atoms with Crippen LogP contribution >= 0.6 is 0 Å². The predicted octanol–water partition coefficient (Wildman–Crippen LogP) is 3.48. The largest absolute Gasteiger partial charge is 0.490 e. The van der Waals surface area contributed by atoms with Crippen molar-refractivity contribution in [2.75, 3.05) is 16.4 Å². The van der Waals surface area contributed by atoms with Crippen LogP contribution in [0.25, 0.3) is 0 Å². The van der Waals surface area contributed by atoms with Gasteiger partial charge in [0.2, 0.25) is 0 Å². The first-order valence-corrected chi connectivity index (χ1v) is 9.83. The minimum atomic E-state index is -5.08. The number of aliphatic carboxylic acids is 1. The summed E-state index contributed by atoms with van der Waals surface area (Å²) in [6.07, 6.45) is -4.53. The Balaban J connectivity index is 0.000000509. The van der Waals surface area contributed by atoms with Gasteiger partial charge in [0, 0.05) is 30.4 Å². The zero-order valence-corrected chi connectivity index (χ0v) is 18.0. The van der Waals surface area contributed by atoms with Crippen LogP contribution in [0.1, 0.15) is 49.3 Å². The average molecular weight is 491 g/mol. The van der Waals surface area contributed by atoms with Crippen molar-refractivity contribution in [1.82, 2.24) is 20.3 Å². The Morgan fingerprint density at radius 2 is 1.76 bits per heavy atom. The first kappa shape index (κ1) is 26.5. The van der Waals surface area contributed by atoms with E-state index in [9.17, 15) is 26.7 Å². The molecule has 0 spiro atoms. The number of carbonyl (C=O) groups excluding carboxylic acids is 1. The van der Waals surface area contributed by atoms with E-state index in [1.165, 1.54) is 12.3 Å². The molecule has 10 nitrogen and oxygen atoms in total. The molecule has 0 saturated heterocycles. The van der Waals surface area contributed by atoms with Crippen LogP contribution in [0.4, 0.5) is 45.1 Å². The topological polar surface area (TPSA) is 155 Å². The number of nitrogens with two attached hydrogens (primary N) is 1. The van der Waals surface area contributed by atoms with Gasteiger partial charge in [-0.15, -0.1) is 0 Å². The van der Waals surface area contributed by atoms with Crippen molar-refractivity contribution in [3.05, 3.63) is 29.7 Å². The Hall–Kier alpha value is -3.78. The van der Waals surface area contributed by atoms with E-state index in [1.54, 1.807) is 6.07 Å². The molecule has 2 aromatic rings. The maximum atomic E-state index is 12.8.